The zero-order valence-electron chi connectivity index (χ0n) is 13.1. The second-order valence-electron chi connectivity index (χ2n) is 5.70. The molecule has 0 radical (unpaired) electrons. The summed E-state index contributed by atoms with van der Waals surface area (Å²) in [5, 5.41) is 8.88. The summed E-state index contributed by atoms with van der Waals surface area (Å²) in [5.74, 6) is 1.15. The third-order valence-corrected chi connectivity index (χ3v) is 4.79. The zero-order valence-corrected chi connectivity index (χ0v) is 13.9. The second kappa shape index (κ2) is 8.06. The highest BCUT2D eigenvalue weighted by Gasteiger charge is 2.11. The number of aromatic nitrogens is 2. The van der Waals surface area contributed by atoms with E-state index in [0.717, 1.165) is 17.8 Å². The van der Waals surface area contributed by atoms with Crippen LogP contribution in [0.25, 0.3) is 10.7 Å². The molecule has 0 bridgehead atoms. The average Bonchev–Trinajstić information content (AvgIpc) is 3.25. The predicted molar refractivity (Wildman–Crippen MR) is 90.1 cm³/mol. The highest BCUT2D eigenvalue weighted by Crippen LogP contribution is 2.21. The number of thiophene rings is 1. The number of aryl methyl sites for hydroxylation is 1. The van der Waals surface area contributed by atoms with Gasteiger partial charge in [-0.25, -0.2) is 0 Å². The Labute approximate surface area is 139 Å². The highest BCUT2D eigenvalue weighted by atomic mass is 32.1. The maximum atomic E-state index is 11.9. The molecular weight excluding hydrogens is 310 g/mol. The molecule has 0 spiro atoms. The van der Waals surface area contributed by atoms with Gasteiger partial charge in [-0.1, -0.05) is 22.9 Å². The summed E-state index contributed by atoms with van der Waals surface area (Å²) in [4.78, 5) is 17.2. The third kappa shape index (κ3) is 4.76. The van der Waals surface area contributed by atoms with Crippen LogP contribution in [0.1, 0.15) is 44.4 Å². The first kappa shape index (κ1) is 15.9. The van der Waals surface area contributed by atoms with Crippen LogP contribution in [0.3, 0.4) is 0 Å². The number of carbonyl (C=O) groups is 1. The van der Waals surface area contributed by atoms with Crippen molar-refractivity contribution in [1.29, 1.82) is 0 Å². The van der Waals surface area contributed by atoms with Crippen molar-refractivity contribution in [2.45, 2.75) is 44.9 Å². The topological polar surface area (TPSA) is 68.0 Å². The highest BCUT2D eigenvalue weighted by molar-refractivity contribution is 7.13. The van der Waals surface area contributed by atoms with Crippen LogP contribution >= 0.6 is 11.3 Å². The first-order valence-electron chi connectivity index (χ1n) is 8.12. The third-order valence-electron chi connectivity index (χ3n) is 3.93. The molecule has 1 aliphatic carbocycles. The second-order valence-corrected chi connectivity index (χ2v) is 6.64. The number of nitrogens with one attached hydrogen (secondary N) is 1. The molecule has 0 aliphatic heterocycles. The van der Waals surface area contributed by atoms with Crippen LogP contribution < -0.4 is 5.32 Å². The Hall–Kier alpha value is -1.95. The molecular formula is C17H21N3O2S. The Bertz CT molecular complexity index is 661. The lowest BCUT2D eigenvalue weighted by Gasteiger charge is -2.12. The number of amides is 1. The molecule has 122 valence electrons. The van der Waals surface area contributed by atoms with Gasteiger partial charge in [0.25, 0.3) is 0 Å². The Kier molecular flexibility index (Phi) is 5.58. The lowest BCUT2D eigenvalue weighted by Crippen LogP contribution is -2.25. The summed E-state index contributed by atoms with van der Waals surface area (Å²) >= 11 is 1.57. The quantitative estimate of drug-likeness (QED) is 0.785. The molecule has 2 aromatic rings. The molecule has 1 aliphatic rings. The van der Waals surface area contributed by atoms with E-state index in [1.807, 2.05) is 17.5 Å². The van der Waals surface area contributed by atoms with Gasteiger partial charge in [0.2, 0.25) is 17.6 Å². The molecule has 2 heterocycles. The van der Waals surface area contributed by atoms with E-state index in [0.29, 0.717) is 24.6 Å². The van der Waals surface area contributed by atoms with Crippen molar-refractivity contribution in [3.63, 3.8) is 0 Å². The van der Waals surface area contributed by atoms with Crippen molar-refractivity contribution in [3.8, 4) is 10.7 Å². The molecule has 0 unspecified atom stereocenters. The minimum atomic E-state index is 0.0392. The summed E-state index contributed by atoms with van der Waals surface area (Å²) in [6.07, 6.45) is 9.10. The van der Waals surface area contributed by atoms with E-state index in [9.17, 15) is 4.79 Å². The number of hydrogen-bond acceptors (Lipinski definition) is 5. The van der Waals surface area contributed by atoms with Gasteiger partial charge in [-0.2, -0.15) is 4.98 Å². The molecule has 3 rings (SSSR count). The van der Waals surface area contributed by atoms with E-state index >= 15 is 0 Å². The molecule has 1 N–H and O–H groups in total. The van der Waals surface area contributed by atoms with Crippen molar-refractivity contribution >= 4 is 17.2 Å². The lowest BCUT2D eigenvalue weighted by molar-refractivity contribution is -0.121. The minimum Gasteiger partial charge on any atom is -0.356 e. The smallest absolute Gasteiger partial charge is 0.227 e. The Morgan fingerprint density at radius 1 is 1.35 bits per heavy atom. The molecule has 2 aromatic heterocycles. The van der Waals surface area contributed by atoms with Gasteiger partial charge in [0, 0.05) is 19.4 Å². The zero-order chi connectivity index (χ0) is 15.9. The van der Waals surface area contributed by atoms with E-state index in [1.165, 1.54) is 31.3 Å². The summed E-state index contributed by atoms with van der Waals surface area (Å²) < 4.78 is 5.19. The molecule has 0 saturated heterocycles. The van der Waals surface area contributed by atoms with Crippen LogP contribution in [0.4, 0.5) is 0 Å². The molecule has 0 fully saturated rings. The molecule has 0 aromatic carbocycles. The van der Waals surface area contributed by atoms with Gasteiger partial charge >= 0.3 is 0 Å². The maximum absolute atomic E-state index is 11.9. The van der Waals surface area contributed by atoms with Crippen LogP contribution in [0, 0.1) is 0 Å². The molecule has 0 saturated carbocycles. The monoisotopic (exact) mass is 331 g/mol. The standard InChI is InChI=1S/C17H21N3O2S/c21-15(18-11-10-13-5-2-1-3-6-13)8-9-16-19-17(20-22-16)14-7-4-12-23-14/h4-5,7,12H,1-3,6,8-11H2,(H,18,21). The van der Waals surface area contributed by atoms with Gasteiger partial charge in [0.15, 0.2) is 0 Å². The Morgan fingerprint density at radius 2 is 2.30 bits per heavy atom. The molecule has 0 atom stereocenters. The van der Waals surface area contributed by atoms with Crippen LogP contribution in [0.5, 0.6) is 0 Å². The van der Waals surface area contributed by atoms with Crippen LogP contribution in [0.15, 0.2) is 33.7 Å². The lowest BCUT2D eigenvalue weighted by atomic mass is 9.97. The number of hydrogen-bond donors (Lipinski definition) is 1. The predicted octanol–water partition coefficient (Wildman–Crippen LogP) is 3.74. The molecule has 1 amide bonds. The number of allylic oxidation sites excluding steroid dienone is 1. The fraction of sp³-hybridized carbons (Fsp3) is 0.471. The maximum Gasteiger partial charge on any atom is 0.227 e. The van der Waals surface area contributed by atoms with Gasteiger partial charge < -0.3 is 9.84 Å². The van der Waals surface area contributed by atoms with Gasteiger partial charge in [-0.15, -0.1) is 11.3 Å². The number of carbonyl (C=O) groups excluding carboxylic acids is 1. The van der Waals surface area contributed by atoms with E-state index in [1.54, 1.807) is 11.3 Å². The van der Waals surface area contributed by atoms with Gasteiger partial charge in [-0.3, -0.25) is 4.79 Å². The SMILES string of the molecule is O=C(CCc1nc(-c2cccs2)no1)NCCC1=CCCCC1. The van der Waals surface area contributed by atoms with E-state index < -0.39 is 0 Å². The average molecular weight is 331 g/mol. The van der Waals surface area contributed by atoms with Gasteiger partial charge in [0.1, 0.15) is 0 Å². The van der Waals surface area contributed by atoms with E-state index in [4.69, 9.17) is 4.52 Å². The van der Waals surface area contributed by atoms with Crippen molar-refractivity contribution in [2.24, 2.45) is 0 Å². The largest absolute Gasteiger partial charge is 0.356 e. The van der Waals surface area contributed by atoms with Crippen LogP contribution in [-0.4, -0.2) is 22.6 Å². The fourth-order valence-corrected chi connectivity index (χ4v) is 3.31. The van der Waals surface area contributed by atoms with Crippen molar-refractivity contribution in [2.75, 3.05) is 6.54 Å². The molecule has 6 heteroatoms. The molecule has 23 heavy (non-hydrogen) atoms. The van der Waals surface area contributed by atoms with Gasteiger partial charge in [0.05, 0.1) is 4.88 Å². The summed E-state index contributed by atoms with van der Waals surface area (Å²) in [6.45, 7) is 0.717. The Balaban J connectivity index is 1.38. The summed E-state index contributed by atoms with van der Waals surface area (Å²) in [6, 6.07) is 3.90. The first-order chi connectivity index (χ1) is 11.3. The van der Waals surface area contributed by atoms with Crippen LogP contribution in [-0.2, 0) is 11.2 Å². The van der Waals surface area contributed by atoms with Crippen LogP contribution in [0.2, 0.25) is 0 Å². The summed E-state index contributed by atoms with van der Waals surface area (Å²) in [7, 11) is 0. The van der Waals surface area contributed by atoms with Crippen molar-refractivity contribution < 1.29 is 9.32 Å². The Morgan fingerprint density at radius 3 is 3.09 bits per heavy atom. The van der Waals surface area contributed by atoms with E-state index in [2.05, 4.69) is 21.5 Å². The van der Waals surface area contributed by atoms with Crippen molar-refractivity contribution in [1.82, 2.24) is 15.5 Å². The summed E-state index contributed by atoms with van der Waals surface area (Å²) in [5.41, 5.74) is 1.48. The molecule has 5 nitrogen and oxygen atoms in total. The minimum absolute atomic E-state index is 0.0392. The number of nitrogens with zero attached hydrogens (tertiary/aromatic N) is 2. The normalized spacial score (nSPS) is 14.5. The van der Waals surface area contributed by atoms with Gasteiger partial charge in [-0.05, 0) is 43.6 Å². The first-order valence-corrected chi connectivity index (χ1v) is 9.00. The van der Waals surface area contributed by atoms with Crippen molar-refractivity contribution in [3.05, 3.63) is 35.1 Å². The fourth-order valence-electron chi connectivity index (χ4n) is 2.67. The number of rotatable bonds is 7. The van der Waals surface area contributed by atoms with E-state index in [-0.39, 0.29) is 5.91 Å².